The maximum atomic E-state index is 6.13. The van der Waals surface area contributed by atoms with Gasteiger partial charge in [-0.25, -0.2) is 4.98 Å². The molecule has 6 rings (SSSR count). The standard InChI is InChI=1S/C23H15NO2/c1-2-14-24-23(3-1)26-20-11-9-19(10-12-20)25-22-13-8-18-15-21(22)17-6-4-16(18)5-7-17/h1-15H. The molecule has 0 radical (unpaired) electrons. The number of hydrogen-bond acceptors (Lipinski definition) is 3. The highest BCUT2D eigenvalue weighted by Crippen LogP contribution is 2.40. The summed E-state index contributed by atoms with van der Waals surface area (Å²) >= 11 is 0. The van der Waals surface area contributed by atoms with Crippen molar-refractivity contribution in [3.63, 3.8) is 0 Å². The van der Waals surface area contributed by atoms with Crippen molar-refractivity contribution in [3.8, 4) is 45.4 Å². The van der Waals surface area contributed by atoms with Gasteiger partial charge < -0.3 is 9.47 Å². The van der Waals surface area contributed by atoms with Gasteiger partial charge in [-0.15, -0.1) is 0 Å². The number of rotatable bonds is 4. The van der Waals surface area contributed by atoms with E-state index in [9.17, 15) is 0 Å². The summed E-state index contributed by atoms with van der Waals surface area (Å²) < 4.78 is 11.8. The van der Waals surface area contributed by atoms with Crippen LogP contribution in [0.1, 0.15) is 0 Å². The Labute approximate surface area is 151 Å². The molecule has 3 nitrogen and oxygen atoms in total. The molecule has 0 amide bonds. The number of benzene rings is 3. The van der Waals surface area contributed by atoms with Crippen molar-refractivity contribution < 1.29 is 9.47 Å². The first kappa shape index (κ1) is 14.7. The SMILES string of the molecule is c1ccc(Oc2ccc(Oc3ccc4cc3-c3ccc-4cc3)cc2)nc1. The molecule has 0 fully saturated rings. The van der Waals surface area contributed by atoms with Crippen molar-refractivity contribution in [3.05, 3.63) is 91.1 Å². The molecule has 26 heavy (non-hydrogen) atoms. The topological polar surface area (TPSA) is 31.4 Å². The summed E-state index contributed by atoms with van der Waals surface area (Å²) in [5, 5.41) is 0. The van der Waals surface area contributed by atoms with Gasteiger partial charge in [0.25, 0.3) is 0 Å². The van der Waals surface area contributed by atoms with Crippen LogP contribution in [0.2, 0.25) is 0 Å². The maximum absolute atomic E-state index is 6.13. The fourth-order valence-electron chi connectivity index (χ4n) is 3.10. The van der Waals surface area contributed by atoms with Crippen molar-refractivity contribution in [2.45, 2.75) is 0 Å². The van der Waals surface area contributed by atoms with Gasteiger partial charge in [0.1, 0.15) is 17.2 Å². The molecule has 4 aromatic rings. The molecule has 2 aliphatic rings. The van der Waals surface area contributed by atoms with Gasteiger partial charge in [-0.2, -0.15) is 0 Å². The molecule has 0 saturated heterocycles. The van der Waals surface area contributed by atoms with Crippen LogP contribution in [0, 0.1) is 0 Å². The van der Waals surface area contributed by atoms with Crippen molar-refractivity contribution in [2.75, 3.05) is 0 Å². The molecule has 2 aliphatic carbocycles. The van der Waals surface area contributed by atoms with Crippen LogP contribution < -0.4 is 9.47 Å². The van der Waals surface area contributed by atoms with E-state index in [1.54, 1.807) is 6.20 Å². The van der Waals surface area contributed by atoms with Gasteiger partial charge in [-0.05, 0) is 59.2 Å². The number of aromatic nitrogens is 1. The van der Waals surface area contributed by atoms with Crippen LogP contribution in [-0.2, 0) is 0 Å². The van der Waals surface area contributed by atoms with Crippen LogP contribution in [0.25, 0.3) is 22.3 Å². The highest BCUT2D eigenvalue weighted by atomic mass is 16.5. The average molecular weight is 337 g/mol. The van der Waals surface area contributed by atoms with Crippen molar-refractivity contribution in [1.82, 2.24) is 4.98 Å². The number of pyridine rings is 1. The monoisotopic (exact) mass is 337 g/mol. The molecule has 0 atom stereocenters. The molecule has 3 aromatic carbocycles. The molecular weight excluding hydrogens is 322 g/mol. The first-order valence-electron chi connectivity index (χ1n) is 8.47. The molecule has 0 aliphatic heterocycles. The first-order valence-corrected chi connectivity index (χ1v) is 8.47. The van der Waals surface area contributed by atoms with Crippen LogP contribution in [0.3, 0.4) is 0 Å². The third-order valence-corrected chi connectivity index (χ3v) is 4.42. The summed E-state index contributed by atoms with van der Waals surface area (Å²) in [7, 11) is 0. The van der Waals surface area contributed by atoms with E-state index in [0.29, 0.717) is 5.88 Å². The molecule has 0 spiro atoms. The predicted molar refractivity (Wildman–Crippen MR) is 102 cm³/mol. The summed E-state index contributed by atoms with van der Waals surface area (Å²) in [6.45, 7) is 0. The number of fused-ring (bicyclic) bond motifs is 2. The summed E-state index contributed by atoms with van der Waals surface area (Å²) in [5.74, 6) is 2.91. The van der Waals surface area contributed by atoms with Crippen molar-refractivity contribution in [2.24, 2.45) is 0 Å². The number of hydrogen-bond donors (Lipinski definition) is 0. The van der Waals surface area contributed by atoms with Crippen LogP contribution in [0.15, 0.2) is 91.1 Å². The second-order valence-corrected chi connectivity index (χ2v) is 6.13. The zero-order chi connectivity index (χ0) is 17.3. The fraction of sp³-hybridized carbons (Fsp3) is 0. The molecule has 124 valence electrons. The van der Waals surface area contributed by atoms with E-state index in [-0.39, 0.29) is 0 Å². The quantitative estimate of drug-likeness (QED) is 0.385. The average Bonchev–Trinajstić information content (AvgIpc) is 2.92. The Morgan fingerprint density at radius 2 is 1.27 bits per heavy atom. The Balaban J connectivity index is 1.39. The van der Waals surface area contributed by atoms with E-state index in [1.807, 2.05) is 48.5 Å². The van der Waals surface area contributed by atoms with Gasteiger partial charge in [0.15, 0.2) is 0 Å². The molecule has 0 unspecified atom stereocenters. The van der Waals surface area contributed by atoms with E-state index in [1.165, 1.54) is 16.7 Å². The lowest BCUT2D eigenvalue weighted by Crippen LogP contribution is -1.89. The minimum atomic E-state index is 0.570. The summed E-state index contributed by atoms with van der Waals surface area (Å²) in [6.07, 6.45) is 1.71. The molecule has 4 bridgehead atoms. The van der Waals surface area contributed by atoms with Crippen molar-refractivity contribution in [1.29, 1.82) is 0 Å². The number of nitrogens with zero attached hydrogens (tertiary/aromatic N) is 1. The lowest BCUT2D eigenvalue weighted by Gasteiger charge is -2.11. The first-order chi connectivity index (χ1) is 12.8. The van der Waals surface area contributed by atoms with E-state index in [0.717, 1.165) is 22.8 Å². The molecule has 3 heteroatoms. The molecule has 1 heterocycles. The van der Waals surface area contributed by atoms with Crippen LogP contribution in [0.4, 0.5) is 0 Å². The third-order valence-electron chi connectivity index (χ3n) is 4.42. The lowest BCUT2D eigenvalue weighted by molar-refractivity contribution is 0.457. The Morgan fingerprint density at radius 1 is 0.577 bits per heavy atom. The van der Waals surface area contributed by atoms with Gasteiger partial charge in [0.05, 0.1) is 0 Å². The molecule has 1 aromatic heterocycles. The Kier molecular flexibility index (Phi) is 3.42. The second kappa shape index (κ2) is 6.05. The summed E-state index contributed by atoms with van der Waals surface area (Å²) in [6, 6.07) is 28.0. The molecule has 0 N–H and O–H groups in total. The van der Waals surface area contributed by atoms with Gasteiger partial charge >= 0.3 is 0 Å². The largest absolute Gasteiger partial charge is 0.457 e. The number of ether oxygens (including phenoxy) is 2. The van der Waals surface area contributed by atoms with Gasteiger partial charge in [-0.1, -0.05) is 36.4 Å². The van der Waals surface area contributed by atoms with E-state index in [4.69, 9.17) is 9.47 Å². The maximum Gasteiger partial charge on any atom is 0.219 e. The van der Waals surface area contributed by atoms with E-state index >= 15 is 0 Å². The van der Waals surface area contributed by atoms with Crippen LogP contribution in [-0.4, -0.2) is 4.98 Å². The predicted octanol–water partition coefficient (Wildman–Crippen LogP) is 6.31. The van der Waals surface area contributed by atoms with E-state index in [2.05, 4.69) is 41.4 Å². The Hall–Kier alpha value is -3.59. The molecular formula is C23H15NO2. The Bertz CT molecular complexity index is 1060. The van der Waals surface area contributed by atoms with Gasteiger partial charge in [0.2, 0.25) is 5.88 Å². The fourth-order valence-corrected chi connectivity index (χ4v) is 3.10. The van der Waals surface area contributed by atoms with Gasteiger partial charge in [-0.3, -0.25) is 0 Å². The van der Waals surface area contributed by atoms with Crippen LogP contribution in [0.5, 0.6) is 23.1 Å². The Morgan fingerprint density at radius 3 is 2.00 bits per heavy atom. The van der Waals surface area contributed by atoms with Gasteiger partial charge in [0, 0.05) is 17.8 Å². The van der Waals surface area contributed by atoms with Crippen LogP contribution >= 0.6 is 0 Å². The summed E-state index contributed by atoms with van der Waals surface area (Å²) in [5.41, 5.74) is 4.72. The highest BCUT2D eigenvalue weighted by Gasteiger charge is 2.14. The zero-order valence-corrected chi connectivity index (χ0v) is 13.9. The summed E-state index contributed by atoms with van der Waals surface area (Å²) in [4.78, 5) is 4.16. The van der Waals surface area contributed by atoms with E-state index < -0.39 is 0 Å². The molecule has 0 saturated carbocycles. The highest BCUT2D eigenvalue weighted by molar-refractivity contribution is 5.82. The minimum Gasteiger partial charge on any atom is -0.457 e. The lowest BCUT2D eigenvalue weighted by atomic mass is 10.1. The smallest absolute Gasteiger partial charge is 0.219 e. The second-order valence-electron chi connectivity index (χ2n) is 6.13. The third kappa shape index (κ3) is 2.70. The normalized spacial score (nSPS) is 11.1. The minimum absolute atomic E-state index is 0.570. The zero-order valence-electron chi connectivity index (χ0n) is 13.9. The van der Waals surface area contributed by atoms with Crippen molar-refractivity contribution >= 4 is 0 Å².